The molecule has 0 aliphatic rings. The Hall–Kier alpha value is -4.05. The Kier molecular flexibility index (Phi) is 10.9. The van der Waals surface area contributed by atoms with Crippen molar-refractivity contribution in [3.8, 4) is 16.9 Å². The fourth-order valence-corrected chi connectivity index (χ4v) is 3.17. The van der Waals surface area contributed by atoms with E-state index < -0.39 is 57.9 Å². The van der Waals surface area contributed by atoms with E-state index in [9.17, 15) is 31.5 Å². The molecular formula is C22H22ClF5N6O5. The van der Waals surface area contributed by atoms with E-state index in [0.717, 1.165) is 29.9 Å². The van der Waals surface area contributed by atoms with Crippen LogP contribution in [0.5, 0.6) is 5.75 Å². The number of carboxylic acids is 2. The minimum absolute atomic E-state index is 0.0704. The van der Waals surface area contributed by atoms with Gasteiger partial charge in [-0.2, -0.15) is 32.8 Å². The summed E-state index contributed by atoms with van der Waals surface area (Å²) in [7, 11) is 1.75. The van der Waals surface area contributed by atoms with Gasteiger partial charge < -0.3 is 25.6 Å². The molecule has 0 spiro atoms. The van der Waals surface area contributed by atoms with E-state index in [2.05, 4.69) is 25.7 Å². The highest BCUT2D eigenvalue weighted by atomic mass is 35.5. The van der Waals surface area contributed by atoms with Gasteiger partial charge in [-0.05, 0) is 26.9 Å². The van der Waals surface area contributed by atoms with E-state index in [1.54, 1.807) is 7.05 Å². The van der Waals surface area contributed by atoms with Gasteiger partial charge in [0.25, 0.3) is 5.78 Å². The largest absolute Gasteiger partial charge is 0.493 e. The number of carboxylic acid groups (broad SMARTS) is 2. The average molecular weight is 581 g/mol. The Balaban J connectivity index is 0.000000580. The quantitative estimate of drug-likeness (QED) is 0.121. The zero-order chi connectivity index (χ0) is 29.3. The van der Waals surface area contributed by atoms with Crippen LogP contribution >= 0.6 is 11.6 Å². The molecule has 4 N–H and O–H groups in total. The first-order chi connectivity index (χ1) is 18.3. The number of nitrogens with zero attached hydrogens (tertiary/aromatic N) is 4. The van der Waals surface area contributed by atoms with E-state index in [4.69, 9.17) is 26.6 Å². The van der Waals surface area contributed by atoms with Crippen LogP contribution in [0.2, 0.25) is 5.15 Å². The summed E-state index contributed by atoms with van der Waals surface area (Å²) in [5.41, 5.74) is -1.10. The molecule has 0 radical (unpaired) electrons. The molecule has 1 aromatic carbocycles. The van der Waals surface area contributed by atoms with E-state index in [1.807, 2.05) is 0 Å². The smallest absolute Gasteiger partial charge is 0.408 e. The zero-order valence-electron chi connectivity index (χ0n) is 20.3. The number of aliphatic carboxylic acids is 2. The molecule has 0 saturated carbocycles. The number of alkyl halides is 3. The summed E-state index contributed by atoms with van der Waals surface area (Å²) in [5.74, 6) is -5.31. The number of benzene rings is 1. The molecule has 1 atom stereocenters. The number of hydrogen-bond donors (Lipinski definition) is 4. The Morgan fingerprint density at radius 2 is 1.74 bits per heavy atom. The highest BCUT2D eigenvalue weighted by Crippen LogP contribution is 2.39. The number of carbonyl (C=O) groups is 2. The molecule has 212 valence electrons. The van der Waals surface area contributed by atoms with E-state index in [0.29, 0.717) is 25.1 Å². The minimum Gasteiger partial charge on any atom is -0.493 e. The lowest BCUT2D eigenvalue weighted by molar-refractivity contribution is -0.138. The van der Waals surface area contributed by atoms with Gasteiger partial charge in [-0.15, -0.1) is 0 Å². The zero-order valence-corrected chi connectivity index (χ0v) is 21.0. The molecule has 11 nitrogen and oxygen atoms in total. The molecule has 2 heterocycles. The second-order valence-electron chi connectivity index (χ2n) is 7.58. The lowest BCUT2D eigenvalue weighted by atomic mass is 10.1. The molecule has 3 aromatic rings. The van der Waals surface area contributed by atoms with Gasteiger partial charge in [0.2, 0.25) is 0 Å². The molecule has 0 amide bonds. The van der Waals surface area contributed by atoms with Crippen LogP contribution in [0, 0.1) is 11.6 Å². The third-order valence-electron chi connectivity index (χ3n) is 4.70. The number of aromatic nitrogens is 4. The summed E-state index contributed by atoms with van der Waals surface area (Å²) >= 11 is 6.11. The monoisotopic (exact) mass is 580 g/mol. The maximum absolute atomic E-state index is 14.9. The van der Waals surface area contributed by atoms with Crippen LogP contribution in [0.1, 0.15) is 13.3 Å². The third kappa shape index (κ3) is 8.75. The van der Waals surface area contributed by atoms with Crippen molar-refractivity contribution in [2.75, 3.05) is 25.5 Å². The summed E-state index contributed by atoms with van der Waals surface area (Å²) in [4.78, 5) is 26.8. The summed E-state index contributed by atoms with van der Waals surface area (Å²) in [6.07, 6.45) is -1.91. The lowest BCUT2D eigenvalue weighted by Gasteiger charge is -2.21. The maximum atomic E-state index is 14.9. The number of halogens is 6. The van der Waals surface area contributed by atoms with Crippen molar-refractivity contribution in [1.29, 1.82) is 0 Å². The predicted octanol–water partition coefficient (Wildman–Crippen LogP) is 3.79. The molecule has 3 rings (SSSR count). The third-order valence-corrected chi connectivity index (χ3v) is 4.97. The van der Waals surface area contributed by atoms with E-state index in [1.165, 1.54) is 0 Å². The Labute approximate surface area is 222 Å². The van der Waals surface area contributed by atoms with Gasteiger partial charge in [-0.1, -0.05) is 11.6 Å². The number of ether oxygens (including phenoxy) is 1. The Bertz CT molecular complexity index is 1310. The van der Waals surface area contributed by atoms with Crippen molar-refractivity contribution in [2.24, 2.45) is 0 Å². The van der Waals surface area contributed by atoms with Crippen LogP contribution in [-0.4, -0.2) is 74.2 Å². The Morgan fingerprint density at radius 1 is 1.15 bits per heavy atom. The first-order valence-corrected chi connectivity index (χ1v) is 11.3. The molecule has 0 aliphatic heterocycles. The predicted molar refractivity (Wildman–Crippen MR) is 129 cm³/mol. The van der Waals surface area contributed by atoms with Crippen molar-refractivity contribution >= 4 is 35.1 Å². The minimum atomic E-state index is -4.65. The summed E-state index contributed by atoms with van der Waals surface area (Å²) < 4.78 is 75.5. The second kappa shape index (κ2) is 13.7. The van der Waals surface area contributed by atoms with Gasteiger partial charge in [0.1, 0.15) is 40.7 Å². The average Bonchev–Trinajstić information content (AvgIpc) is 3.29. The van der Waals surface area contributed by atoms with Crippen LogP contribution in [0.3, 0.4) is 0 Å². The molecule has 0 unspecified atom stereocenters. The molecule has 2 aromatic heterocycles. The molecule has 0 aliphatic carbocycles. The van der Waals surface area contributed by atoms with Crippen molar-refractivity contribution in [1.82, 2.24) is 24.9 Å². The van der Waals surface area contributed by atoms with Crippen LogP contribution in [0.25, 0.3) is 16.9 Å². The van der Waals surface area contributed by atoms with Crippen LogP contribution in [0.15, 0.2) is 30.6 Å². The van der Waals surface area contributed by atoms with E-state index >= 15 is 0 Å². The fraction of sp³-hybridized carbons (Fsp3) is 0.318. The van der Waals surface area contributed by atoms with Gasteiger partial charge in [-0.25, -0.2) is 18.4 Å². The molecule has 17 heteroatoms. The summed E-state index contributed by atoms with van der Waals surface area (Å²) in [6, 6.07) is -0.231. The van der Waals surface area contributed by atoms with Crippen molar-refractivity contribution in [3.05, 3.63) is 47.4 Å². The number of hydrogen-bond acceptors (Lipinski definition) is 8. The highest BCUT2D eigenvalue weighted by molar-refractivity contribution is 6.33. The van der Waals surface area contributed by atoms with Crippen molar-refractivity contribution in [3.63, 3.8) is 0 Å². The van der Waals surface area contributed by atoms with Gasteiger partial charge in [0.05, 0.1) is 17.7 Å². The Morgan fingerprint density at radius 3 is 2.26 bits per heavy atom. The molecule has 0 bridgehead atoms. The number of rotatable bonds is 10. The molecule has 0 saturated heterocycles. The molecule has 39 heavy (non-hydrogen) atoms. The van der Waals surface area contributed by atoms with Gasteiger partial charge >= 0.3 is 18.1 Å². The van der Waals surface area contributed by atoms with Crippen LogP contribution in [0.4, 0.5) is 27.8 Å². The van der Waals surface area contributed by atoms with E-state index in [-0.39, 0.29) is 18.1 Å². The fourth-order valence-electron chi connectivity index (χ4n) is 2.91. The maximum Gasteiger partial charge on any atom is 0.408 e. The number of fused-ring (bicyclic) bond motifs is 1. The first-order valence-electron chi connectivity index (χ1n) is 10.9. The van der Waals surface area contributed by atoms with Gasteiger partial charge in [0, 0.05) is 24.3 Å². The molecule has 0 fully saturated rings. The van der Waals surface area contributed by atoms with Crippen molar-refractivity contribution in [2.45, 2.75) is 25.6 Å². The topological polar surface area (TPSA) is 151 Å². The normalized spacial score (nSPS) is 12.2. The van der Waals surface area contributed by atoms with Crippen LogP contribution in [-0.2, 0) is 9.59 Å². The highest BCUT2D eigenvalue weighted by Gasteiger charge is 2.37. The lowest BCUT2D eigenvalue weighted by Crippen LogP contribution is -2.34. The van der Waals surface area contributed by atoms with Crippen LogP contribution < -0.4 is 15.4 Å². The number of anilines is 1. The summed E-state index contributed by atoms with van der Waals surface area (Å²) in [5, 5.41) is 24.1. The SMILES string of the molecule is CNCCCOc1cc(F)c(-c2c(Cl)nc3ncnn3c2N[C@@H](C)C(F)(F)F)c(F)c1.O=C(O)/C=C/C(=O)O. The standard InChI is InChI=1S/C18H18ClF5N6O.C4H4O4/c1-9(18(22,23)24)28-16-14(15(19)29-17-26-8-27-30(16)17)13-11(20)6-10(7-12(13)21)31-5-3-4-25-2;5-3(6)1-2-4(7)8/h6-9,25,28H,3-5H2,1-2H3;1-2H,(H,5,6)(H,7,8)/b;2-1+/t9-;/m0./s1. The summed E-state index contributed by atoms with van der Waals surface area (Å²) in [6.45, 7) is 1.70. The van der Waals surface area contributed by atoms with Gasteiger partial charge in [0.15, 0.2) is 0 Å². The number of nitrogens with one attached hydrogen (secondary N) is 2. The van der Waals surface area contributed by atoms with Gasteiger partial charge in [-0.3, -0.25) is 0 Å². The molecular weight excluding hydrogens is 559 g/mol. The second-order valence-corrected chi connectivity index (χ2v) is 7.94. The first kappa shape index (κ1) is 31.2. The van der Waals surface area contributed by atoms with Crippen molar-refractivity contribution < 1.29 is 46.5 Å².